The normalized spacial score (nSPS) is 9.75. The zero-order chi connectivity index (χ0) is 9.14. The van der Waals surface area contributed by atoms with Gasteiger partial charge in [0, 0.05) is 4.98 Å². The lowest BCUT2D eigenvalue weighted by atomic mass is 10.7. The van der Waals surface area contributed by atoms with Crippen LogP contribution in [0.1, 0.15) is 6.92 Å². The Labute approximate surface area is 72.1 Å². The minimum atomic E-state index is -0.631. The molecule has 1 aromatic rings. The van der Waals surface area contributed by atoms with E-state index in [1.54, 1.807) is 6.92 Å². The largest absolute Gasteiger partial charge is 0.452 e. The third-order valence-electron chi connectivity index (χ3n) is 1.06. The summed E-state index contributed by atoms with van der Waals surface area (Å²) in [5, 5.41) is 10.6. The number of hydrogen-bond donors (Lipinski definition) is 1. The number of nitrogens with zero attached hydrogens (tertiary/aromatic N) is 2. The molecule has 1 heterocycles. The summed E-state index contributed by atoms with van der Waals surface area (Å²) in [7, 11) is 0. The van der Waals surface area contributed by atoms with E-state index < -0.39 is 4.92 Å². The molecule has 0 radical (unpaired) electrons. The standard InChI is InChI=1S/C5H7N3O3S/c1-2-11-5-7-4(8(9)10)3(6)12-5/h2,6H2,1H3. The van der Waals surface area contributed by atoms with Crippen molar-refractivity contribution in [2.45, 2.75) is 6.92 Å². The van der Waals surface area contributed by atoms with Crippen molar-refractivity contribution >= 4 is 22.2 Å². The molecule has 0 bridgehead atoms. The summed E-state index contributed by atoms with van der Waals surface area (Å²) in [5.41, 5.74) is 5.31. The van der Waals surface area contributed by atoms with Crippen LogP contribution >= 0.6 is 11.3 Å². The predicted octanol–water partition coefficient (Wildman–Crippen LogP) is 1.03. The molecule has 1 aromatic heterocycles. The van der Waals surface area contributed by atoms with Gasteiger partial charge in [0.2, 0.25) is 0 Å². The predicted molar refractivity (Wildman–Crippen MR) is 44.3 cm³/mol. The molecule has 12 heavy (non-hydrogen) atoms. The van der Waals surface area contributed by atoms with E-state index in [0.29, 0.717) is 6.61 Å². The van der Waals surface area contributed by atoms with Crippen LogP contribution < -0.4 is 10.5 Å². The average Bonchev–Trinajstić information content (AvgIpc) is 2.32. The maximum Gasteiger partial charge on any atom is 0.402 e. The molecule has 1 rings (SSSR count). The number of hydrogen-bond acceptors (Lipinski definition) is 6. The number of nitrogen functional groups attached to an aromatic ring is 1. The second kappa shape index (κ2) is 3.35. The van der Waals surface area contributed by atoms with E-state index in [2.05, 4.69) is 4.98 Å². The summed E-state index contributed by atoms with van der Waals surface area (Å²) in [4.78, 5) is 13.2. The maximum atomic E-state index is 10.3. The average molecular weight is 189 g/mol. The van der Waals surface area contributed by atoms with Crippen LogP contribution in [-0.2, 0) is 0 Å². The summed E-state index contributed by atoms with van der Waals surface area (Å²) in [6.45, 7) is 2.19. The molecule has 0 aliphatic carbocycles. The Balaban J connectivity index is 2.92. The lowest BCUT2D eigenvalue weighted by molar-refractivity contribution is -0.388. The number of anilines is 1. The molecule has 0 fully saturated rings. The first-order valence-electron chi connectivity index (χ1n) is 3.18. The van der Waals surface area contributed by atoms with Crippen molar-refractivity contribution in [1.82, 2.24) is 4.98 Å². The third kappa shape index (κ3) is 1.62. The van der Waals surface area contributed by atoms with Gasteiger partial charge < -0.3 is 20.6 Å². The molecule has 6 nitrogen and oxygen atoms in total. The quantitative estimate of drug-likeness (QED) is 0.566. The zero-order valence-electron chi connectivity index (χ0n) is 6.31. The number of rotatable bonds is 3. The van der Waals surface area contributed by atoms with Gasteiger partial charge in [0.1, 0.15) is 0 Å². The van der Waals surface area contributed by atoms with E-state index in [-0.39, 0.29) is 16.0 Å². The summed E-state index contributed by atoms with van der Waals surface area (Å²) in [6.07, 6.45) is 0. The Hall–Kier alpha value is -1.37. The number of nitrogens with two attached hydrogens (primary N) is 1. The van der Waals surface area contributed by atoms with E-state index in [9.17, 15) is 10.1 Å². The number of ether oxygens (including phenoxy) is 1. The maximum absolute atomic E-state index is 10.3. The van der Waals surface area contributed by atoms with Crippen LogP contribution in [0.25, 0.3) is 0 Å². The Kier molecular flexibility index (Phi) is 2.44. The molecule has 2 N–H and O–H groups in total. The SMILES string of the molecule is CCOc1nc([N+](=O)[O-])c(N)s1. The van der Waals surface area contributed by atoms with Gasteiger partial charge in [-0.3, -0.25) is 0 Å². The van der Waals surface area contributed by atoms with Crippen molar-refractivity contribution in [2.24, 2.45) is 0 Å². The summed E-state index contributed by atoms with van der Waals surface area (Å²) in [6, 6.07) is 0. The van der Waals surface area contributed by atoms with E-state index in [1.165, 1.54) is 0 Å². The van der Waals surface area contributed by atoms with Gasteiger partial charge in [-0.25, -0.2) is 0 Å². The highest BCUT2D eigenvalue weighted by Gasteiger charge is 2.20. The third-order valence-corrected chi connectivity index (χ3v) is 1.84. The van der Waals surface area contributed by atoms with Crippen molar-refractivity contribution in [3.05, 3.63) is 10.1 Å². The molecule has 0 spiro atoms. The molecule has 0 saturated carbocycles. The Morgan fingerprint density at radius 1 is 1.83 bits per heavy atom. The molecular weight excluding hydrogens is 182 g/mol. The van der Waals surface area contributed by atoms with E-state index in [1.807, 2.05) is 0 Å². The van der Waals surface area contributed by atoms with Crippen LogP contribution in [0.15, 0.2) is 0 Å². The van der Waals surface area contributed by atoms with E-state index in [4.69, 9.17) is 10.5 Å². The fourth-order valence-corrected chi connectivity index (χ4v) is 1.33. The molecule has 0 unspecified atom stereocenters. The van der Waals surface area contributed by atoms with Gasteiger partial charge in [0.15, 0.2) is 5.00 Å². The van der Waals surface area contributed by atoms with Crippen molar-refractivity contribution in [3.8, 4) is 5.19 Å². The molecule has 0 aromatic carbocycles. The minimum absolute atomic E-state index is 0.0726. The zero-order valence-corrected chi connectivity index (χ0v) is 7.13. The summed E-state index contributed by atoms with van der Waals surface area (Å²) < 4.78 is 4.94. The van der Waals surface area contributed by atoms with Crippen molar-refractivity contribution < 1.29 is 9.66 Å². The van der Waals surface area contributed by atoms with Crippen molar-refractivity contribution in [2.75, 3.05) is 12.3 Å². The molecule has 0 atom stereocenters. The molecule has 7 heteroatoms. The van der Waals surface area contributed by atoms with Gasteiger partial charge in [-0.2, -0.15) is 0 Å². The fourth-order valence-electron chi connectivity index (χ4n) is 0.620. The number of nitro groups is 1. The van der Waals surface area contributed by atoms with Crippen LogP contribution in [-0.4, -0.2) is 16.5 Å². The molecule has 0 saturated heterocycles. The first-order chi connectivity index (χ1) is 5.65. The van der Waals surface area contributed by atoms with Crippen LogP contribution in [0.4, 0.5) is 10.8 Å². The molecule has 0 amide bonds. The van der Waals surface area contributed by atoms with Crippen molar-refractivity contribution in [1.29, 1.82) is 0 Å². The highest BCUT2D eigenvalue weighted by molar-refractivity contribution is 7.17. The van der Waals surface area contributed by atoms with Gasteiger partial charge >= 0.3 is 11.0 Å². The lowest BCUT2D eigenvalue weighted by Gasteiger charge is -1.87. The van der Waals surface area contributed by atoms with Crippen LogP contribution in [0.3, 0.4) is 0 Å². The highest BCUT2D eigenvalue weighted by Crippen LogP contribution is 2.32. The van der Waals surface area contributed by atoms with Crippen LogP contribution in [0.5, 0.6) is 5.19 Å². The highest BCUT2D eigenvalue weighted by atomic mass is 32.1. The Bertz CT molecular complexity index is 298. The van der Waals surface area contributed by atoms with Crippen LogP contribution in [0, 0.1) is 10.1 Å². The monoisotopic (exact) mass is 189 g/mol. The topological polar surface area (TPSA) is 91.3 Å². The lowest BCUT2D eigenvalue weighted by Crippen LogP contribution is -1.93. The summed E-state index contributed by atoms with van der Waals surface area (Å²) in [5.74, 6) is -0.330. The Morgan fingerprint density at radius 2 is 2.50 bits per heavy atom. The molecule has 0 aliphatic heterocycles. The number of thiazole rings is 1. The number of aromatic nitrogens is 1. The fraction of sp³-hybridized carbons (Fsp3) is 0.400. The van der Waals surface area contributed by atoms with E-state index >= 15 is 0 Å². The summed E-state index contributed by atoms with van der Waals surface area (Å²) >= 11 is 0.970. The van der Waals surface area contributed by atoms with Gasteiger partial charge in [-0.05, 0) is 23.2 Å². The minimum Gasteiger partial charge on any atom is -0.452 e. The van der Waals surface area contributed by atoms with Gasteiger partial charge in [0.25, 0.3) is 0 Å². The smallest absolute Gasteiger partial charge is 0.402 e. The molecule has 0 aliphatic rings. The second-order valence-corrected chi connectivity index (χ2v) is 2.85. The Morgan fingerprint density at radius 3 is 2.92 bits per heavy atom. The van der Waals surface area contributed by atoms with E-state index in [0.717, 1.165) is 11.3 Å². The first-order valence-corrected chi connectivity index (χ1v) is 4.00. The van der Waals surface area contributed by atoms with Gasteiger partial charge in [-0.1, -0.05) is 0 Å². The molecule has 66 valence electrons. The van der Waals surface area contributed by atoms with Gasteiger partial charge in [-0.15, -0.1) is 0 Å². The van der Waals surface area contributed by atoms with Gasteiger partial charge in [0.05, 0.1) is 6.61 Å². The van der Waals surface area contributed by atoms with Crippen LogP contribution in [0.2, 0.25) is 0 Å². The van der Waals surface area contributed by atoms with Crippen molar-refractivity contribution in [3.63, 3.8) is 0 Å². The first kappa shape index (κ1) is 8.72. The molecular formula is C5H7N3O3S. The second-order valence-electron chi connectivity index (χ2n) is 1.86.